The standard InChI is InChI=1S/C22H22F2N6O/c1-15-3-2-4-17(27-15)21-22(29(14-26-21)13-18(23)24)16-5-6-19-25-11-20(30(19)12-16)28-7-9-31-10-8-28/h2-6,11-12,14,18H,7-10,13H2,1H3. The van der Waals surface area contributed by atoms with Gasteiger partial charge in [0, 0.05) is 30.5 Å². The van der Waals surface area contributed by atoms with E-state index in [2.05, 4.69) is 19.9 Å². The zero-order chi connectivity index (χ0) is 21.4. The van der Waals surface area contributed by atoms with Crippen LogP contribution in [0.25, 0.3) is 28.3 Å². The summed E-state index contributed by atoms with van der Waals surface area (Å²) in [4.78, 5) is 15.7. The number of anilines is 1. The van der Waals surface area contributed by atoms with Gasteiger partial charge in [0.15, 0.2) is 0 Å². The molecule has 160 valence electrons. The van der Waals surface area contributed by atoms with Crippen LogP contribution in [-0.4, -0.2) is 56.6 Å². The molecule has 31 heavy (non-hydrogen) atoms. The fourth-order valence-electron chi connectivity index (χ4n) is 3.97. The predicted octanol–water partition coefficient (Wildman–Crippen LogP) is 3.67. The summed E-state index contributed by atoms with van der Waals surface area (Å²) in [5.41, 5.74) is 4.25. The maximum atomic E-state index is 13.3. The van der Waals surface area contributed by atoms with Crippen LogP contribution < -0.4 is 4.90 Å². The minimum Gasteiger partial charge on any atom is -0.378 e. The van der Waals surface area contributed by atoms with Gasteiger partial charge in [-0.05, 0) is 31.2 Å². The topological polar surface area (TPSA) is 60.5 Å². The number of alkyl halides is 2. The van der Waals surface area contributed by atoms with Crippen molar-refractivity contribution in [3.05, 3.63) is 54.7 Å². The van der Waals surface area contributed by atoms with E-state index in [1.165, 1.54) is 10.9 Å². The monoisotopic (exact) mass is 424 g/mol. The van der Waals surface area contributed by atoms with Gasteiger partial charge in [0.1, 0.15) is 17.2 Å². The van der Waals surface area contributed by atoms with Crippen LogP contribution in [0.15, 0.2) is 49.1 Å². The van der Waals surface area contributed by atoms with Crippen molar-refractivity contribution in [2.24, 2.45) is 0 Å². The number of ether oxygens (including phenoxy) is 1. The number of aromatic nitrogens is 5. The van der Waals surface area contributed by atoms with Gasteiger partial charge in [-0.1, -0.05) is 6.07 Å². The third-order valence-corrected chi connectivity index (χ3v) is 5.40. The van der Waals surface area contributed by atoms with Crippen LogP contribution in [-0.2, 0) is 11.3 Å². The molecule has 5 rings (SSSR count). The van der Waals surface area contributed by atoms with Crippen molar-refractivity contribution in [2.75, 3.05) is 31.2 Å². The van der Waals surface area contributed by atoms with Crippen LogP contribution >= 0.6 is 0 Å². The Morgan fingerprint density at radius 3 is 2.71 bits per heavy atom. The van der Waals surface area contributed by atoms with E-state index < -0.39 is 13.0 Å². The molecule has 7 nitrogen and oxygen atoms in total. The fraction of sp³-hybridized carbons (Fsp3) is 0.318. The van der Waals surface area contributed by atoms with E-state index in [1.807, 2.05) is 54.0 Å². The molecule has 0 aliphatic carbocycles. The highest BCUT2D eigenvalue weighted by molar-refractivity contribution is 5.77. The smallest absolute Gasteiger partial charge is 0.256 e. The number of morpholine rings is 1. The van der Waals surface area contributed by atoms with Gasteiger partial charge in [-0.3, -0.25) is 9.38 Å². The molecule has 0 amide bonds. The summed E-state index contributed by atoms with van der Waals surface area (Å²) in [5.74, 6) is 0.954. The molecule has 0 saturated carbocycles. The van der Waals surface area contributed by atoms with Gasteiger partial charge in [-0.15, -0.1) is 0 Å². The van der Waals surface area contributed by atoms with Gasteiger partial charge in [0.25, 0.3) is 6.43 Å². The molecule has 0 spiro atoms. The van der Waals surface area contributed by atoms with E-state index in [0.717, 1.165) is 35.8 Å². The van der Waals surface area contributed by atoms with Crippen LogP contribution in [0.1, 0.15) is 5.69 Å². The van der Waals surface area contributed by atoms with Crippen molar-refractivity contribution in [2.45, 2.75) is 19.9 Å². The van der Waals surface area contributed by atoms with E-state index in [4.69, 9.17) is 4.74 Å². The Bertz CT molecular complexity index is 1210. The summed E-state index contributed by atoms with van der Waals surface area (Å²) in [6, 6.07) is 9.42. The normalized spacial score (nSPS) is 14.6. The second-order valence-corrected chi connectivity index (χ2v) is 7.51. The molecule has 1 aliphatic rings. The van der Waals surface area contributed by atoms with Gasteiger partial charge < -0.3 is 14.2 Å². The second kappa shape index (κ2) is 8.07. The van der Waals surface area contributed by atoms with Crippen LogP contribution in [0.5, 0.6) is 0 Å². The molecular formula is C22H22F2N6O. The van der Waals surface area contributed by atoms with Crippen molar-refractivity contribution < 1.29 is 13.5 Å². The molecule has 0 atom stereocenters. The third kappa shape index (κ3) is 3.76. The van der Waals surface area contributed by atoms with E-state index in [9.17, 15) is 8.78 Å². The van der Waals surface area contributed by atoms with Crippen molar-refractivity contribution >= 4 is 11.5 Å². The molecule has 1 saturated heterocycles. The van der Waals surface area contributed by atoms with E-state index in [1.54, 1.807) is 0 Å². The summed E-state index contributed by atoms with van der Waals surface area (Å²) in [7, 11) is 0. The van der Waals surface area contributed by atoms with Gasteiger partial charge in [-0.25, -0.2) is 18.7 Å². The molecule has 0 unspecified atom stereocenters. The summed E-state index contributed by atoms with van der Waals surface area (Å²) >= 11 is 0. The summed E-state index contributed by atoms with van der Waals surface area (Å²) in [5, 5.41) is 0. The highest BCUT2D eigenvalue weighted by Gasteiger charge is 2.21. The zero-order valence-corrected chi connectivity index (χ0v) is 17.1. The number of aryl methyl sites for hydroxylation is 1. The van der Waals surface area contributed by atoms with Crippen molar-refractivity contribution in [1.82, 2.24) is 23.9 Å². The fourth-order valence-corrected chi connectivity index (χ4v) is 3.97. The van der Waals surface area contributed by atoms with Crippen LogP contribution in [0.2, 0.25) is 0 Å². The van der Waals surface area contributed by atoms with Crippen LogP contribution in [0.3, 0.4) is 0 Å². The molecule has 1 fully saturated rings. The Hall–Kier alpha value is -3.33. The van der Waals surface area contributed by atoms with Gasteiger partial charge in [0.05, 0.1) is 43.7 Å². The van der Waals surface area contributed by atoms with Crippen molar-refractivity contribution in [3.63, 3.8) is 0 Å². The number of imidazole rings is 2. The number of rotatable bonds is 5. The Kier molecular flexibility index (Phi) is 5.11. The highest BCUT2D eigenvalue weighted by Crippen LogP contribution is 2.32. The summed E-state index contributed by atoms with van der Waals surface area (Å²) in [6.07, 6.45) is 2.74. The lowest BCUT2D eigenvalue weighted by molar-refractivity contribution is 0.122. The summed E-state index contributed by atoms with van der Waals surface area (Å²) in [6.45, 7) is 4.34. The average molecular weight is 424 g/mol. The molecule has 9 heteroatoms. The number of nitrogens with zero attached hydrogens (tertiary/aromatic N) is 6. The van der Waals surface area contributed by atoms with Crippen LogP contribution in [0.4, 0.5) is 14.6 Å². The molecule has 4 aromatic rings. The number of fused-ring (bicyclic) bond motifs is 1. The lowest BCUT2D eigenvalue weighted by Gasteiger charge is -2.28. The molecule has 0 N–H and O–H groups in total. The lowest BCUT2D eigenvalue weighted by atomic mass is 10.1. The first-order chi connectivity index (χ1) is 15.1. The predicted molar refractivity (Wildman–Crippen MR) is 113 cm³/mol. The third-order valence-electron chi connectivity index (χ3n) is 5.40. The van der Waals surface area contributed by atoms with Crippen LogP contribution in [0, 0.1) is 6.92 Å². The zero-order valence-electron chi connectivity index (χ0n) is 17.1. The Morgan fingerprint density at radius 2 is 1.94 bits per heavy atom. The molecular weight excluding hydrogens is 402 g/mol. The minimum atomic E-state index is -2.49. The molecule has 0 radical (unpaired) electrons. The van der Waals surface area contributed by atoms with E-state index in [-0.39, 0.29) is 0 Å². The summed E-state index contributed by atoms with van der Waals surface area (Å²) < 4.78 is 35.6. The Balaban J connectivity index is 1.65. The van der Waals surface area contributed by atoms with E-state index >= 15 is 0 Å². The largest absolute Gasteiger partial charge is 0.378 e. The Morgan fingerprint density at radius 1 is 1.10 bits per heavy atom. The number of hydrogen-bond donors (Lipinski definition) is 0. The number of pyridine rings is 2. The van der Waals surface area contributed by atoms with Gasteiger partial charge in [0.2, 0.25) is 0 Å². The average Bonchev–Trinajstić information content (AvgIpc) is 3.37. The molecule has 0 bridgehead atoms. The van der Waals surface area contributed by atoms with E-state index in [0.29, 0.717) is 30.3 Å². The number of halogens is 2. The number of hydrogen-bond acceptors (Lipinski definition) is 5. The first-order valence-corrected chi connectivity index (χ1v) is 10.2. The van der Waals surface area contributed by atoms with Gasteiger partial charge in [-0.2, -0.15) is 0 Å². The highest BCUT2D eigenvalue weighted by atomic mass is 19.3. The molecule has 0 aromatic carbocycles. The Labute approximate surface area is 177 Å². The molecule has 4 aromatic heterocycles. The molecule has 1 aliphatic heterocycles. The maximum Gasteiger partial charge on any atom is 0.256 e. The lowest BCUT2D eigenvalue weighted by Crippen LogP contribution is -2.36. The maximum absolute atomic E-state index is 13.3. The van der Waals surface area contributed by atoms with Crippen molar-refractivity contribution in [3.8, 4) is 22.6 Å². The minimum absolute atomic E-state index is 0.438. The van der Waals surface area contributed by atoms with Gasteiger partial charge >= 0.3 is 0 Å². The second-order valence-electron chi connectivity index (χ2n) is 7.51. The molecule has 5 heterocycles. The van der Waals surface area contributed by atoms with Crippen molar-refractivity contribution in [1.29, 1.82) is 0 Å². The quantitative estimate of drug-likeness (QED) is 0.489. The first kappa shape index (κ1) is 19.6. The first-order valence-electron chi connectivity index (χ1n) is 10.2. The SMILES string of the molecule is Cc1cccc(-c2ncn(CC(F)F)c2-c2ccc3ncc(N4CCOCC4)n3c2)n1.